The van der Waals surface area contributed by atoms with Gasteiger partial charge in [-0.15, -0.1) is 0 Å². The number of hydrogen-bond donors (Lipinski definition) is 0. The first-order chi connectivity index (χ1) is 14.1. The van der Waals surface area contributed by atoms with Crippen molar-refractivity contribution in [1.82, 2.24) is 0 Å². The summed E-state index contributed by atoms with van der Waals surface area (Å²) in [5.74, 6) is 0.499. The van der Waals surface area contributed by atoms with Gasteiger partial charge in [0.1, 0.15) is 5.92 Å². The van der Waals surface area contributed by atoms with Crippen LogP contribution in [0, 0.1) is 0 Å². The Kier molecular flexibility index (Phi) is 8.70. The van der Waals surface area contributed by atoms with Crippen molar-refractivity contribution in [2.75, 3.05) is 27.4 Å². The smallest absolute Gasteiger partial charge is 0.315 e. The molecule has 1 aliphatic rings. The minimum absolute atomic E-state index is 0.267. The maximum absolute atomic E-state index is 12.5. The zero-order chi connectivity index (χ0) is 21.4. The summed E-state index contributed by atoms with van der Waals surface area (Å²) in [6.07, 6.45) is 0.664. The molecular formula is C23H28BrNO4. The van der Waals surface area contributed by atoms with E-state index < -0.39 is 5.92 Å². The predicted octanol–water partition coefficient (Wildman–Crippen LogP) is 5.18. The number of esters is 1. The van der Waals surface area contributed by atoms with Crippen LogP contribution in [-0.2, 0) is 16.0 Å². The van der Waals surface area contributed by atoms with Gasteiger partial charge in [0.15, 0.2) is 11.5 Å². The van der Waals surface area contributed by atoms with Crippen LogP contribution in [0.15, 0.2) is 45.9 Å². The third-order valence-electron chi connectivity index (χ3n) is 4.54. The molecule has 1 aliphatic heterocycles. The van der Waals surface area contributed by atoms with Crippen molar-refractivity contribution in [2.24, 2.45) is 4.99 Å². The van der Waals surface area contributed by atoms with Crippen LogP contribution in [0.2, 0.25) is 0 Å². The van der Waals surface area contributed by atoms with Gasteiger partial charge in [0, 0.05) is 22.2 Å². The molecule has 2 aromatic carbocycles. The lowest BCUT2D eigenvalue weighted by molar-refractivity contribution is -0.144. The van der Waals surface area contributed by atoms with Crippen LogP contribution in [0.4, 0.5) is 0 Å². The van der Waals surface area contributed by atoms with Crippen LogP contribution >= 0.6 is 15.9 Å². The molecular weight excluding hydrogens is 434 g/mol. The normalized spacial score (nSPS) is 14.7. The van der Waals surface area contributed by atoms with E-state index in [9.17, 15) is 4.79 Å². The van der Waals surface area contributed by atoms with E-state index in [1.54, 1.807) is 21.1 Å². The molecule has 0 aromatic heterocycles. The van der Waals surface area contributed by atoms with Crippen LogP contribution in [0.1, 0.15) is 43.4 Å². The van der Waals surface area contributed by atoms with Gasteiger partial charge in [-0.05, 0) is 42.3 Å². The minimum atomic E-state index is -0.439. The van der Waals surface area contributed by atoms with E-state index in [2.05, 4.69) is 28.1 Å². The minimum Gasteiger partial charge on any atom is -0.493 e. The van der Waals surface area contributed by atoms with Crippen molar-refractivity contribution < 1.29 is 19.0 Å². The Morgan fingerprint density at radius 1 is 1.14 bits per heavy atom. The average molecular weight is 462 g/mol. The number of halogens is 1. The quantitative estimate of drug-likeness (QED) is 0.555. The molecule has 0 radical (unpaired) electrons. The maximum atomic E-state index is 12.5. The molecule has 0 aliphatic carbocycles. The van der Waals surface area contributed by atoms with Gasteiger partial charge in [0.25, 0.3) is 0 Å². The van der Waals surface area contributed by atoms with Gasteiger partial charge in [-0.1, -0.05) is 41.9 Å². The summed E-state index contributed by atoms with van der Waals surface area (Å²) >= 11 is 3.51. The molecule has 156 valence electrons. The Bertz CT molecular complexity index is 879. The summed E-state index contributed by atoms with van der Waals surface area (Å²) in [4.78, 5) is 17.2. The van der Waals surface area contributed by atoms with Gasteiger partial charge >= 0.3 is 5.97 Å². The van der Waals surface area contributed by atoms with Crippen molar-refractivity contribution in [3.05, 3.63) is 57.6 Å². The third kappa shape index (κ3) is 5.38. The molecule has 0 spiro atoms. The van der Waals surface area contributed by atoms with Gasteiger partial charge in [0.2, 0.25) is 0 Å². The summed E-state index contributed by atoms with van der Waals surface area (Å²) in [5, 5.41) is 0. The number of carbonyl (C=O) groups excluding carboxylic acids is 1. The molecule has 0 saturated heterocycles. The lowest BCUT2D eigenvalue weighted by atomic mass is 9.86. The Morgan fingerprint density at radius 2 is 1.83 bits per heavy atom. The highest BCUT2D eigenvalue weighted by Crippen LogP contribution is 2.37. The Hall–Kier alpha value is -2.34. The zero-order valence-corrected chi connectivity index (χ0v) is 19.2. The van der Waals surface area contributed by atoms with Gasteiger partial charge < -0.3 is 14.2 Å². The summed E-state index contributed by atoms with van der Waals surface area (Å²) in [6, 6.07) is 11.9. The van der Waals surface area contributed by atoms with Gasteiger partial charge in [-0.2, -0.15) is 0 Å². The molecule has 0 amide bonds. The number of aliphatic imine (C=N–C) groups is 1. The number of nitrogens with zero attached hydrogens (tertiary/aromatic N) is 1. The van der Waals surface area contributed by atoms with Crippen molar-refractivity contribution in [2.45, 2.75) is 33.1 Å². The number of ether oxygens (including phenoxy) is 3. The lowest BCUT2D eigenvalue weighted by Gasteiger charge is -2.25. The van der Waals surface area contributed by atoms with Crippen molar-refractivity contribution in [3.63, 3.8) is 0 Å². The van der Waals surface area contributed by atoms with Gasteiger partial charge in [-0.3, -0.25) is 9.79 Å². The number of hydrogen-bond acceptors (Lipinski definition) is 5. The monoisotopic (exact) mass is 461 g/mol. The van der Waals surface area contributed by atoms with Gasteiger partial charge in [-0.25, -0.2) is 0 Å². The highest BCUT2D eigenvalue weighted by atomic mass is 79.9. The number of methoxy groups -OCH3 is 2. The Balaban J connectivity index is 0.00000145. The second-order valence-electron chi connectivity index (χ2n) is 6.19. The molecule has 5 nitrogen and oxygen atoms in total. The zero-order valence-electron chi connectivity index (χ0n) is 17.6. The first kappa shape index (κ1) is 22.9. The van der Waals surface area contributed by atoms with E-state index in [0.717, 1.165) is 26.9 Å². The van der Waals surface area contributed by atoms with E-state index in [-0.39, 0.29) is 5.97 Å². The standard InChI is InChI=1S/C21H22BrNO4.C2H6/c1-4-27-21(24)17-12-23-18(9-13-6-5-7-14(22)8-13)16-11-20(26-3)19(25-2)10-15(16)17;1-2/h5-8,10-11,17H,4,9,12H2,1-3H3;1-2H3. The molecule has 0 bridgehead atoms. The van der Waals surface area contributed by atoms with Crippen LogP contribution < -0.4 is 9.47 Å². The lowest BCUT2D eigenvalue weighted by Crippen LogP contribution is -2.26. The van der Waals surface area contributed by atoms with Crippen LogP contribution in [0.25, 0.3) is 0 Å². The highest BCUT2D eigenvalue weighted by Gasteiger charge is 2.31. The second kappa shape index (κ2) is 11.0. The van der Waals surface area contributed by atoms with E-state index in [0.29, 0.717) is 31.1 Å². The number of fused-ring (bicyclic) bond motifs is 1. The number of rotatable bonds is 6. The van der Waals surface area contributed by atoms with Gasteiger partial charge in [0.05, 0.1) is 27.4 Å². The highest BCUT2D eigenvalue weighted by molar-refractivity contribution is 9.10. The summed E-state index contributed by atoms with van der Waals surface area (Å²) in [5.41, 5.74) is 3.83. The molecule has 6 heteroatoms. The van der Waals surface area contributed by atoms with Crippen LogP contribution in [0.3, 0.4) is 0 Å². The fraction of sp³-hybridized carbons (Fsp3) is 0.391. The molecule has 1 atom stereocenters. The summed E-state index contributed by atoms with van der Waals surface area (Å²) in [6.45, 7) is 6.51. The fourth-order valence-corrected chi connectivity index (χ4v) is 3.70. The number of carbonyl (C=O) groups is 1. The first-order valence-electron chi connectivity index (χ1n) is 9.78. The molecule has 1 heterocycles. The number of benzene rings is 2. The molecule has 0 fully saturated rings. The topological polar surface area (TPSA) is 57.1 Å². The van der Waals surface area contributed by atoms with E-state index in [1.807, 2.05) is 38.1 Å². The first-order valence-corrected chi connectivity index (χ1v) is 10.6. The van der Waals surface area contributed by atoms with Crippen LogP contribution in [0.5, 0.6) is 11.5 Å². The molecule has 3 rings (SSSR count). The van der Waals surface area contributed by atoms with E-state index in [1.165, 1.54) is 0 Å². The van der Waals surface area contributed by atoms with Crippen molar-refractivity contribution >= 4 is 27.6 Å². The molecule has 2 aromatic rings. The molecule has 0 N–H and O–H groups in total. The largest absolute Gasteiger partial charge is 0.493 e. The Morgan fingerprint density at radius 3 is 2.45 bits per heavy atom. The van der Waals surface area contributed by atoms with E-state index >= 15 is 0 Å². The fourth-order valence-electron chi connectivity index (χ4n) is 3.25. The molecule has 29 heavy (non-hydrogen) atoms. The SMILES string of the molecule is CC.CCOC(=O)C1CN=C(Cc2cccc(Br)c2)c2cc(OC)c(OC)cc21. The maximum Gasteiger partial charge on any atom is 0.315 e. The predicted molar refractivity (Wildman–Crippen MR) is 120 cm³/mol. The average Bonchev–Trinajstić information content (AvgIpc) is 2.74. The third-order valence-corrected chi connectivity index (χ3v) is 5.03. The van der Waals surface area contributed by atoms with Crippen molar-refractivity contribution in [3.8, 4) is 11.5 Å². The summed E-state index contributed by atoms with van der Waals surface area (Å²) < 4.78 is 17.2. The summed E-state index contributed by atoms with van der Waals surface area (Å²) in [7, 11) is 3.18. The Labute approximate surface area is 181 Å². The molecule has 0 saturated carbocycles. The molecule has 1 unspecified atom stereocenters. The van der Waals surface area contributed by atoms with Crippen molar-refractivity contribution in [1.29, 1.82) is 0 Å². The van der Waals surface area contributed by atoms with Crippen LogP contribution in [-0.4, -0.2) is 39.1 Å². The van der Waals surface area contributed by atoms with E-state index in [4.69, 9.17) is 19.2 Å². The second-order valence-corrected chi connectivity index (χ2v) is 7.11.